The Bertz CT molecular complexity index is 918. The molecule has 2 aromatic carbocycles. The summed E-state index contributed by atoms with van der Waals surface area (Å²) in [7, 11) is 1.65. The molecule has 6 heteroatoms. The smallest absolute Gasteiger partial charge is 0.233 e. The molecule has 1 unspecified atom stereocenters. The lowest BCUT2D eigenvalue weighted by atomic mass is 10.2. The molecule has 1 amide bonds. The number of benzene rings is 2. The number of aromatic nitrogens is 2. The van der Waals surface area contributed by atoms with Gasteiger partial charge in [0.25, 0.3) is 0 Å². The van der Waals surface area contributed by atoms with Gasteiger partial charge in [0.05, 0.1) is 23.4 Å². The highest BCUT2D eigenvalue weighted by Gasteiger charge is 2.19. The zero-order chi connectivity index (χ0) is 18.5. The van der Waals surface area contributed by atoms with Gasteiger partial charge in [-0.05, 0) is 43.3 Å². The Balaban J connectivity index is 1.99. The number of carbonyl (C=O) groups excluding carboxylic acids is 1. The highest BCUT2D eigenvalue weighted by atomic mass is 32.2. The van der Waals surface area contributed by atoms with E-state index >= 15 is 0 Å². The third kappa shape index (κ3) is 3.75. The molecule has 1 atom stereocenters. The predicted molar refractivity (Wildman–Crippen MR) is 106 cm³/mol. The van der Waals surface area contributed by atoms with Gasteiger partial charge in [0.15, 0.2) is 5.16 Å². The van der Waals surface area contributed by atoms with E-state index in [0.29, 0.717) is 6.54 Å². The van der Waals surface area contributed by atoms with Gasteiger partial charge in [0.2, 0.25) is 5.91 Å². The van der Waals surface area contributed by atoms with Crippen LogP contribution in [0.5, 0.6) is 5.75 Å². The second kappa shape index (κ2) is 8.10. The summed E-state index contributed by atoms with van der Waals surface area (Å²) in [6.07, 6.45) is 1.67. The summed E-state index contributed by atoms with van der Waals surface area (Å²) in [6, 6.07) is 15.7. The van der Waals surface area contributed by atoms with Gasteiger partial charge in [0.1, 0.15) is 5.75 Å². The molecule has 1 heterocycles. The van der Waals surface area contributed by atoms with Gasteiger partial charge in [-0.15, -0.1) is 6.58 Å². The van der Waals surface area contributed by atoms with Crippen molar-refractivity contribution in [3.63, 3.8) is 0 Å². The lowest BCUT2D eigenvalue weighted by Crippen LogP contribution is -2.31. The Morgan fingerprint density at radius 3 is 2.73 bits per heavy atom. The van der Waals surface area contributed by atoms with Crippen molar-refractivity contribution in [3.8, 4) is 11.4 Å². The van der Waals surface area contributed by atoms with E-state index < -0.39 is 0 Å². The van der Waals surface area contributed by atoms with E-state index in [4.69, 9.17) is 9.72 Å². The number of hydrogen-bond acceptors (Lipinski definition) is 4. The van der Waals surface area contributed by atoms with Crippen molar-refractivity contribution >= 4 is 28.7 Å². The molecule has 0 aliphatic carbocycles. The van der Waals surface area contributed by atoms with Crippen LogP contribution >= 0.6 is 11.8 Å². The number of nitrogens with one attached hydrogen (secondary N) is 1. The molecule has 0 spiro atoms. The van der Waals surface area contributed by atoms with Gasteiger partial charge in [-0.1, -0.05) is 30.0 Å². The van der Waals surface area contributed by atoms with E-state index in [1.54, 1.807) is 13.2 Å². The number of imidazole rings is 1. The van der Waals surface area contributed by atoms with Gasteiger partial charge in [-0.2, -0.15) is 0 Å². The maximum Gasteiger partial charge on any atom is 0.233 e. The average molecular weight is 367 g/mol. The van der Waals surface area contributed by atoms with Crippen molar-refractivity contribution in [2.24, 2.45) is 0 Å². The minimum atomic E-state index is -0.274. The molecule has 0 bridgehead atoms. The molecule has 0 saturated carbocycles. The number of methoxy groups -OCH3 is 1. The molecular formula is C20H21N3O2S. The number of para-hydroxylation sites is 2. The highest BCUT2D eigenvalue weighted by molar-refractivity contribution is 8.00. The zero-order valence-corrected chi connectivity index (χ0v) is 15.6. The van der Waals surface area contributed by atoms with Crippen LogP contribution in [0.4, 0.5) is 0 Å². The molecule has 134 valence electrons. The molecule has 3 rings (SSSR count). The molecule has 3 aromatic rings. The first-order valence-corrected chi connectivity index (χ1v) is 9.19. The Kier molecular flexibility index (Phi) is 5.63. The topological polar surface area (TPSA) is 56.2 Å². The first-order chi connectivity index (χ1) is 12.6. The number of carbonyl (C=O) groups is 1. The van der Waals surface area contributed by atoms with Crippen molar-refractivity contribution in [2.45, 2.75) is 17.3 Å². The quantitative estimate of drug-likeness (QED) is 0.509. The van der Waals surface area contributed by atoms with E-state index in [0.717, 1.165) is 27.6 Å². The number of rotatable bonds is 7. The number of hydrogen-bond donors (Lipinski definition) is 1. The summed E-state index contributed by atoms with van der Waals surface area (Å²) in [5.41, 5.74) is 2.86. The minimum Gasteiger partial charge on any atom is -0.497 e. The van der Waals surface area contributed by atoms with Crippen LogP contribution in [-0.4, -0.2) is 34.4 Å². The summed E-state index contributed by atoms with van der Waals surface area (Å²) in [5, 5.41) is 3.33. The van der Waals surface area contributed by atoms with Crippen LogP contribution in [0.15, 0.2) is 66.3 Å². The monoisotopic (exact) mass is 367 g/mol. The fourth-order valence-corrected chi connectivity index (χ4v) is 3.56. The predicted octanol–water partition coefficient (Wildman–Crippen LogP) is 3.82. The van der Waals surface area contributed by atoms with E-state index in [-0.39, 0.29) is 11.2 Å². The number of ether oxygens (including phenoxy) is 1. The first-order valence-electron chi connectivity index (χ1n) is 8.31. The van der Waals surface area contributed by atoms with Gasteiger partial charge >= 0.3 is 0 Å². The summed E-state index contributed by atoms with van der Waals surface area (Å²) < 4.78 is 7.31. The van der Waals surface area contributed by atoms with Crippen molar-refractivity contribution < 1.29 is 9.53 Å². The number of thioether (sulfide) groups is 1. The second-order valence-corrected chi connectivity index (χ2v) is 7.02. The number of nitrogens with zero attached hydrogens (tertiary/aromatic N) is 2. The molecule has 26 heavy (non-hydrogen) atoms. The van der Waals surface area contributed by atoms with Gasteiger partial charge in [-0.3, -0.25) is 9.36 Å². The van der Waals surface area contributed by atoms with Crippen LogP contribution in [0.25, 0.3) is 16.7 Å². The lowest BCUT2D eigenvalue weighted by Gasteiger charge is -2.13. The van der Waals surface area contributed by atoms with Crippen molar-refractivity contribution in [3.05, 3.63) is 61.2 Å². The summed E-state index contributed by atoms with van der Waals surface area (Å²) in [4.78, 5) is 16.9. The average Bonchev–Trinajstić information content (AvgIpc) is 3.03. The molecule has 5 nitrogen and oxygen atoms in total. The second-order valence-electron chi connectivity index (χ2n) is 5.71. The summed E-state index contributed by atoms with van der Waals surface area (Å²) >= 11 is 1.43. The number of amides is 1. The normalized spacial score (nSPS) is 11.9. The van der Waals surface area contributed by atoms with Gasteiger partial charge in [0, 0.05) is 12.2 Å². The Morgan fingerprint density at radius 2 is 2.04 bits per heavy atom. The van der Waals surface area contributed by atoms with Crippen molar-refractivity contribution in [2.75, 3.05) is 13.7 Å². The minimum absolute atomic E-state index is 0.0387. The zero-order valence-electron chi connectivity index (χ0n) is 14.8. The van der Waals surface area contributed by atoms with Gasteiger partial charge in [-0.25, -0.2) is 4.98 Å². The lowest BCUT2D eigenvalue weighted by molar-refractivity contribution is -0.120. The van der Waals surface area contributed by atoms with E-state index in [1.807, 2.05) is 55.5 Å². The Morgan fingerprint density at radius 1 is 1.31 bits per heavy atom. The largest absolute Gasteiger partial charge is 0.497 e. The van der Waals surface area contributed by atoms with Crippen LogP contribution in [0.3, 0.4) is 0 Å². The molecule has 0 saturated heterocycles. The Hall–Kier alpha value is -2.73. The van der Waals surface area contributed by atoms with E-state index in [2.05, 4.69) is 16.5 Å². The third-order valence-corrected chi connectivity index (χ3v) is 4.98. The SMILES string of the molecule is C=CCNC(=O)C(C)Sc1nc2ccccc2n1-c1ccc(OC)cc1. The van der Waals surface area contributed by atoms with Crippen molar-refractivity contribution in [1.29, 1.82) is 0 Å². The maximum absolute atomic E-state index is 12.2. The van der Waals surface area contributed by atoms with Crippen LogP contribution in [0.2, 0.25) is 0 Å². The molecule has 0 aliphatic heterocycles. The fourth-order valence-electron chi connectivity index (χ4n) is 2.59. The van der Waals surface area contributed by atoms with Crippen LogP contribution in [0, 0.1) is 0 Å². The van der Waals surface area contributed by atoms with Crippen LogP contribution in [-0.2, 0) is 4.79 Å². The molecule has 0 radical (unpaired) electrons. The summed E-state index contributed by atoms with van der Waals surface area (Å²) in [6.45, 7) is 5.96. The van der Waals surface area contributed by atoms with Crippen molar-refractivity contribution in [1.82, 2.24) is 14.9 Å². The molecule has 1 aromatic heterocycles. The van der Waals surface area contributed by atoms with E-state index in [1.165, 1.54) is 11.8 Å². The third-order valence-electron chi connectivity index (χ3n) is 3.93. The maximum atomic E-state index is 12.2. The Labute approximate surface area is 157 Å². The van der Waals surface area contributed by atoms with Crippen LogP contribution < -0.4 is 10.1 Å². The molecule has 0 fully saturated rings. The van der Waals surface area contributed by atoms with E-state index in [9.17, 15) is 4.79 Å². The first kappa shape index (κ1) is 18.1. The molecule has 0 aliphatic rings. The fraction of sp³-hybridized carbons (Fsp3) is 0.200. The standard InChI is InChI=1S/C20H21N3O2S/c1-4-13-21-19(24)14(2)26-20-22-17-7-5-6-8-18(17)23(20)15-9-11-16(25-3)12-10-15/h4-12,14H,1,13H2,2-3H3,(H,21,24). The number of fused-ring (bicyclic) bond motifs is 1. The molecule has 1 N–H and O–H groups in total. The van der Waals surface area contributed by atoms with Crippen LogP contribution in [0.1, 0.15) is 6.92 Å². The summed E-state index contributed by atoms with van der Waals surface area (Å²) in [5.74, 6) is 0.757. The molecular weight excluding hydrogens is 346 g/mol. The highest BCUT2D eigenvalue weighted by Crippen LogP contribution is 2.31. The van der Waals surface area contributed by atoms with Gasteiger partial charge < -0.3 is 10.1 Å².